The van der Waals surface area contributed by atoms with Gasteiger partial charge in [0, 0.05) is 43.5 Å². The van der Waals surface area contributed by atoms with Gasteiger partial charge in [-0.05, 0) is 30.3 Å². The zero-order valence-corrected chi connectivity index (χ0v) is 15.2. The minimum Gasteiger partial charge on any atom is -0.383 e. The molecule has 0 saturated carbocycles. The Kier molecular flexibility index (Phi) is 6.75. The first-order valence-corrected chi connectivity index (χ1v) is 8.33. The molecule has 8 nitrogen and oxygen atoms in total. The van der Waals surface area contributed by atoms with Gasteiger partial charge in [-0.15, -0.1) is 0 Å². The molecule has 0 aliphatic rings. The van der Waals surface area contributed by atoms with E-state index in [0.29, 0.717) is 5.69 Å². The van der Waals surface area contributed by atoms with Crippen molar-refractivity contribution < 1.29 is 27.7 Å². The minimum atomic E-state index is -4.48. The van der Waals surface area contributed by atoms with Crippen molar-refractivity contribution in [2.24, 2.45) is 0 Å². The molecule has 3 N–H and O–H groups in total. The van der Waals surface area contributed by atoms with E-state index in [9.17, 15) is 32.9 Å². The number of anilines is 1. The van der Waals surface area contributed by atoms with Gasteiger partial charge in [0.2, 0.25) is 0 Å². The number of hydrogen-bond donors (Lipinski definition) is 3. The molecule has 2 rings (SSSR count). The van der Waals surface area contributed by atoms with Crippen LogP contribution < -0.4 is 16.0 Å². The summed E-state index contributed by atoms with van der Waals surface area (Å²) >= 11 is 0. The number of nitrogens with one attached hydrogen (secondary N) is 3. The molecule has 0 aliphatic heterocycles. The molecule has 11 heteroatoms. The Balaban J connectivity index is 1.95. The standard InChI is InChI=1S/C18H17F3N4O4/c1-22-17(27)14-10-13(25(28)29)6-7-15(14)23-8-9-24-16(26)11-2-4-12(5-3-11)18(19,20)21/h2-7,10,23H,8-9H2,1H3,(H,22,27)(H,24,26). The topological polar surface area (TPSA) is 113 Å². The Morgan fingerprint density at radius 1 is 1.03 bits per heavy atom. The molecule has 0 spiro atoms. The number of carbonyl (C=O) groups is 2. The Bertz CT molecular complexity index is 914. The maximum Gasteiger partial charge on any atom is 0.416 e. The van der Waals surface area contributed by atoms with E-state index in [1.807, 2.05) is 0 Å². The number of nitro groups is 1. The second kappa shape index (κ2) is 9.04. The van der Waals surface area contributed by atoms with E-state index in [4.69, 9.17) is 0 Å². The van der Waals surface area contributed by atoms with E-state index in [1.165, 1.54) is 19.2 Å². The molecule has 2 aromatic rings. The maximum absolute atomic E-state index is 12.5. The lowest BCUT2D eigenvalue weighted by Gasteiger charge is -2.12. The van der Waals surface area contributed by atoms with Crippen molar-refractivity contribution in [3.8, 4) is 0 Å². The number of alkyl halides is 3. The number of carbonyl (C=O) groups excluding carboxylic acids is 2. The largest absolute Gasteiger partial charge is 0.416 e. The van der Waals surface area contributed by atoms with E-state index in [2.05, 4.69) is 16.0 Å². The highest BCUT2D eigenvalue weighted by molar-refractivity contribution is 6.00. The van der Waals surface area contributed by atoms with Crippen LogP contribution in [-0.4, -0.2) is 36.9 Å². The van der Waals surface area contributed by atoms with E-state index in [1.54, 1.807) is 0 Å². The smallest absolute Gasteiger partial charge is 0.383 e. The van der Waals surface area contributed by atoms with Crippen molar-refractivity contribution in [3.05, 3.63) is 69.3 Å². The molecule has 0 radical (unpaired) electrons. The monoisotopic (exact) mass is 410 g/mol. The van der Waals surface area contributed by atoms with Crippen LogP contribution >= 0.6 is 0 Å². The highest BCUT2D eigenvalue weighted by Crippen LogP contribution is 2.29. The summed E-state index contributed by atoms with van der Waals surface area (Å²) in [6.45, 7) is 0.276. The second-order valence-electron chi connectivity index (χ2n) is 5.82. The molecule has 0 fully saturated rings. The molecule has 29 heavy (non-hydrogen) atoms. The summed E-state index contributed by atoms with van der Waals surface area (Å²) in [7, 11) is 1.38. The van der Waals surface area contributed by atoms with Crippen LogP contribution in [0.25, 0.3) is 0 Å². The summed E-state index contributed by atoms with van der Waals surface area (Å²) in [5, 5.41) is 18.7. The average molecular weight is 410 g/mol. The quantitative estimate of drug-likeness (QED) is 0.369. The summed E-state index contributed by atoms with van der Waals surface area (Å²) in [5.41, 5.74) is -0.630. The molecule has 2 aromatic carbocycles. The fourth-order valence-electron chi connectivity index (χ4n) is 2.41. The third-order valence-electron chi connectivity index (χ3n) is 3.89. The predicted molar refractivity (Wildman–Crippen MR) is 98.8 cm³/mol. The fourth-order valence-corrected chi connectivity index (χ4v) is 2.41. The molecule has 154 valence electrons. The number of non-ortho nitro benzene ring substituents is 1. The van der Waals surface area contributed by atoms with E-state index < -0.39 is 28.5 Å². The van der Waals surface area contributed by atoms with Crippen LogP contribution in [0.2, 0.25) is 0 Å². The Morgan fingerprint density at radius 3 is 2.24 bits per heavy atom. The molecular weight excluding hydrogens is 393 g/mol. The van der Waals surface area contributed by atoms with Crippen molar-refractivity contribution in [1.29, 1.82) is 0 Å². The number of hydrogen-bond acceptors (Lipinski definition) is 5. The van der Waals surface area contributed by atoms with Crippen LogP contribution in [0.5, 0.6) is 0 Å². The van der Waals surface area contributed by atoms with Crippen LogP contribution in [0.4, 0.5) is 24.5 Å². The number of amides is 2. The van der Waals surface area contributed by atoms with Gasteiger partial charge >= 0.3 is 6.18 Å². The van der Waals surface area contributed by atoms with Gasteiger partial charge in [0.25, 0.3) is 17.5 Å². The summed E-state index contributed by atoms with van der Waals surface area (Å²) in [6.07, 6.45) is -4.48. The van der Waals surface area contributed by atoms with Crippen molar-refractivity contribution in [1.82, 2.24) is 10.6 Å². The molecule has 0 aliphatic carbocycles. The first-order valence-electron chi connectivity index (χ1n) is 8.33. The lowest BCUT2D eigenvalue weighted by atomic mass is 10.1. The normalized spacial score (nSPS) is 10.9. The fraction of sp³-hybridized carbons (Fsp3) is 0.222. The van der Waals surface area contributed by atoms with Gasteiger partial charge in [0.05, 0.1) is 16.1 Å². The second-order valence-corrected chi connectivity index (χ2v) is 5.82. The Labute approximate surface area is 163 Å². The summed E-state index contributed by atoms with van der Waals surface area (Å²) in [5.74, 6) is -1.08. The summed E-state index contributed by atoms with van der Waals surface area (Å²) < 4.78 is 37.6. The lowest BCUT2D eigenvalue weighted by Crippen LogP contribution is -2.29. The average Bonchev–Trinajstić information content (AvgIpc) is 2.69. The van der Waals surface area contributed by atoms with Crippen molar-refractivity contribution in [3.63, 3.8) is 0 Å². The van der Waals surface area contributed by atoms with Gasteiger partial charge < -0.3 is 16.0 Å². The lowest BCUT2D eigenvalue weighted by molar-refractivity contribution is -0.384. The molecule has 0 heterocycles. The van der Waals surface area contributed by atoms with Crippen molar-refractivity contribution in [2.45, 2.75) is 6.18 Å². The number of rotatable bonds is 7. The van der Waals surface area contributed by atoms with E-state index >= 15 is 0 Å². The molecule has 0 saturated heterocycles. The van der Waals surface area contributed by atoms with Crippen LogP contribution in [0.15, 0.2) is 42.5 Å². The maximum atomic E-state index is 12.5. The van der Waals surface area contributed by atoms with Gasteiger partial charge in [0.1, 0.15) is 0 Å². The molecule has 0 aromatic heterocycles. The Morgan fingerprint density at radius 2 is 1.69 bits per heavy atom. The number of nitrogens with zero attached hydrogens (tertiary/aromatic N) is 1. The van der Waals surface area contributed by atoms with E-state index in [-0.39, 0.29) is 29.9 Å². The van der Waals surface area contributed by atoms with Gasteiger partial charge in [-0.3, -0.25) is 19.7 Å². The van der Waals surface area contributed by atoms with Gasteiger partial charge in [-0.1, -0.05) is 0 Å². The zero-order valence-electron chi connectivity index (χ0n) is 15.2. The van der Waals surface area contributed by atoms with Crippen LogP contribution in [0.3, 0.4) is 0 Å². The number of benzene rings is 2. The molecular formula is C18H17F3N4O4. The Hall–Kier alpha value is -3.63. The first-order chi connectivity index (χ1) is 13.6. The first kappa shape index (κ1) is 21.7. The molecule has 0 bridgehead atoms. The van der Waals surface area contributed by atoms with Crippen LogP contribution in [0.1, 0.15) is 26.3 Å². The third kappa shape index (κ3) is 5.67. The predicted octanol–water partition coefficient (Wildman–Crippen LogP) is 2.82. The van der Waals surface area contributed by atoms with Gasteiger partial charge in [-0.25, -0.2) is 0 Å². The third-order valence-corrected chi connectivity index (χ3v) is 3.89. The number of nitro benzene ring substituents is 1. The van der Waals surface area contributed by atoms with Crippen LogP contribution in [0, 0.1) is 10.1 Å². The zero-order chi connectivity index (χ0) is 21.6. The molecule has 0 atom stereocenters. The highest BCUT2D eigenvalue weighted by atomic mass is 19.4. The SMILES string of the molecule is CNC(=O)c1cc([N+](=O)[O-])ccc1NCCNC(=O)c1ccc(C(F)(F)F)cc1. The summed E-state index contributed by atoms with van der Waals surface area (Å²) in [4.78, 5) is 34.1. The number of halogens is 3. The minimum absolute atomic E-state index is 0.0655. The van der Waals surface area contributed by atoms with Crippen molar-refractivity contribution in [2.75, 3.05) is 25.5 Å². The highest BCUT2D eigenvalue weighted by Gasteiger charge is 2.30. The molecule has 0 unspecified atom stereocenters. The van der Waals surface area contributed by atoms with Gasteiger partial charge in [-0.2, -0.15) is 13.2 Å². The van der Waals surface area contributed by atoms with E-state index in [0.717, 1.165) is 30.3 Å². The van der Waals surface area contributed by atoms with Gasteiger partial charge in [0.15, 0.2) is 0 Å². The van der Waals surface area contributed by atoms with Crippen molar-refractivity contribution >= 4 is 23.2 Å². The summed E-state index contributed by atoms with van der Waals surface area (Å²) in [6, 6.07) is 7.52. The van der Waals surface area contributed by atoms with Crippen LogP contribution in [-0.2, 0) is 6.18 Å². The molecule has 2 amide bonds.